The van der Waals surface area contributed by atoms with Gasteiger partial charge in [-0.15, -0.1) is 0 Å². The summed E-state index contributed by atoms with van der Waals surface area (Å²) in [6.45, 7) is 3.20. The number of nitrogens with zero attached hydrogens (tertiary/aromatic N) is 8. The minimum absolute atomic E-state index is 0.147. The molecule has 1 aliphatic rings. The highest BCUT2D eigenvalue weighted by Gasteiger charge is 2.28. The van der Waals surface area contributed by atoms with Gasteiger partial charge in [0.25, 0.3) is 5.91 Å². The van der Waals surface area contributed by atoms with Crippen LogP contribution in [0.3, 0.4) is 0 Å². The number of hydrogen-bond donors (Lipinski definition) is 2. The summed E-state index contributed by atoms with van der Waals surface area (Å²) in [7, 11) is 0. The molecule has 38 heavy (non-hydrogen) atoms. The molecule has 6 aromatic rings. The molecule has 0 spiro atoms. The van der Waals surface area contributed by atoms with Crippen molar-refractivity contribution in [1.82, 2.24) is 44.2 Å². The lowest BCUT2D eigenvalue weighted by Gasteiger charge is -2.32. The van der Waals surface area contributed by atoms with Crippen LogP contribution in [0.2, 0.25) is 0 Å². The van der Waals surface area contributed by atoms with Crippen molar-refractivity contribution in [1.29, 1.82) is 0 Å². The van der Waals surface area contributed by atoms with Crippen LogP contribution in [0, 0.1) is 12.7 Å². The Morgan fingerprint density at radius 1 is 1.13 bits per heavy atom. The van der Waals surface area contributed by atoms with Crippen molar-refractivity contribution in [3.63, 3.8) is 0 Å². The Labute approximate surface area is 215 Å². The van der Waals surface area contributed by atoms with E-state index in [1.54, 1.807) is 27.9 Å². The maximum Gasteiger partial charge on any atom is 0.291 e. The molecule has 1 fully saturated rings. The number of nitrogens with two attached hydrogens (primary N) is 1. The van der Waals surface area contributed by atoms with E-state index in [9.17, 15) is 9.18 Å². The lowest BCUT2D eigenvalue weighted by Crippen LogP contribution is -2.39. The zero-order chi connectivity index (χ0) is 26.0. The molecule has 5 aromatic heterocycles. The number of hydrogen-bond acceptors (Lipinski definition) is 7. The zero-order valence-corrected chi connectivity index (χ0v) is 20.5. The van der Waals surface area contributed by atoms with Gasteiger partial charge in [0.2, 0.25) is 5.82 Å². The average Bonchev–Trinajstić information content (AvgIpc) is 3.68. The third-order valence-corrected chi connectivity index (χ3v) is 7.35. The van der Waals surface area contributed by atoms with Gasteiger partial charge < -0.3 is 15.2 Å². The number of aromatic amines is 1. The van der Waals surface area contributed by atoms with Crippen LogP contribution in [0.4, 0.5) is 10.2 Å². The predicted molar refractivity (Wildman–Crippen MR) is 139 cm³/mol. The number of fused-ring (bicyclic) bond motifs is 3. The first kappa shape index (κ1) is 22.3. The molecular formula is C26H23FN10O. The van der Waals surface area contributed by atoms with Gasteiger partial charge >= 0.3 is 0 Å². The summed E-state index contributed by atoms with van der Waals surface area (Å²) in [4.78, 5) is 28.0. The summed E-state index contributed by atoms with van der Waals surface area (Å²) < 4.78 is 17.7. The standard InChI is InChI=1S/C26H23FN10O/c1-14-12-36(18-4-6-35(7-5-18)26(38)23-30-13-31-34-23)25-21(14)22(28)37-24(33-25)19(11-32-37)16-8-15-9-17(27)2-3-20(15)29-10-16/h2-3,8-13,18H,4-7,28H2,1H3,(H,30,31,34). The van der Waals surface area contributed by atoms with Crippen LogP contribution in [0.5, 0.6) is 0 Å². The summed E-state index contributed by atoms with van der Waals surface area (Å²) in [6.07, 6.45) is 8.40. The van der Waals surface area contributed by atoms with E-state index in [0.717, 1.165) is 40.6 Å². The van der Waals surface area contributed by atoms with E-state index in [4.69, 9.17) is 10.7 Å². The molecule has 3 N–H and O–H groups in total. The van der Waals surface area contributed by atoms with E-state index >= 15 is 0 Å². The summed E-state index contributed by atoms with van der Waals surface area (Å²) in [5, 5.41) is 12.5. The summed E-state index contributed by atoms with van der Waals surface area (Å²) in [5.74, 6) is 0.292. The molecule has 6 heterocycles. The van der Waals surface area contributed by atoms with Crippen molar-refractivity contribution in [3.8, 4) is 11.1 Å². The quantitative estimate of drug-likeness (QED) is 0.372. The minimum atomic E-state index is -0.317. The van der Waals surface area contributed by atoms with E-state index in [1.807, 2.05) is 13.0 Å². The van der Waals surface area contributed by atoms with Gasteiger partial charge in [-0.05, 0) is 49.6 Å². The van der Waals surface area contributed by atoms with E-state index in [0.29, 0.717) is 35.5 Å². The Bertz CT molecular complexity index is 1850. The van der Waals surface area contributed by atoms with Gasteiger partial charge in [-0.2, -0.15) is 14.7 Å². The highest BCUT2D eigenvalue weighted by molar-refractivity contribution is 5.95. The zero-order valence-electron chi connectivity index (χ0n) is 20.5. The fourth-order valence-electron chi connectivity index (χ4n) is 5.44. The Kier molecular flexibility index (Phi) is 4.90. The van der Waals surface area contributed by atoms with E-state index in [2.05, 4.69) is 36.0 Å². The molecule has 0 saturated carbocycles. The number of aromatic nitrogens is 8. The van der Waals surface area contributed by atoms with Crippen molar-refractivity contribution in [2.45, 2.75) is 25.8 Å². The van der Waals surface area contributed by atoms with Gasteiger partial charge in [-0.1, -0.05) is 0 Å². The van der Waals surface area contributed by atoms with Crippen molar-refractivity contribution >= 4 is 39.3 Å². The highest BCUT2D eigenvalue weighted by atomic mass is 19.1. The number of H-pyrrole nitrogens is 1. The molecule has 0 bridgehead atoms. The Balaban J connectivity index is 1.28. The Hall–Kier alpha value is -4.87. The Morgan fingerprint density at radius 2 is 1.97 bits per heavy atom. The molecule has 11 nitrogen and oxygen atoms in total. The van der Waals surface area contributed by atoms with Crippen molar-refractivity contribution in [2.24, 2.45) is 0 Å². The molecule has 190 valence electrons. The first-order valence-electron chi connectivity index (χ1n) is 12.3. The van der Waals surface area contributed by atoms with Crippen LogP contribution in [-0.2, 0) is 0 Å². The van der Waals surface area contributed by atoms with Gasteiger partial charge in [0.1, 0.15) is 23.6 Å². The van der Waals surface area contributed by atoms with E-state index in [1.165, 1.54) is 18.5 Å². The number of piperidine rings is 1. The molecule has 7 rings (SSSR count). The van der Waals surface area contributed by atoms with Crippen LogP contribution in [0.15, 0.2) is 49.2 Å². The first-order chi connectivity index (χ1) is 18.5. The number of likely N-dealkylation sites (tertiary alicyclic amines) is 1. The second-order valence-corrected chi connectivity index (χ2v) is 9.63. The molecule has 0 unspecified atom stereocenters. The molecule has 12 heteroatoms. The van der Waals surface area contributed by atoms with Crippen LogP contribution in [0.1, 0.15) is 35.1 Å². The third kappa shape index (κ3) is 3.40. The number of aryl methyl sites for hydroxylation is 1. The third-order valence-electron chi connectivity index (χ3n) is 7.35. The second kappa shape index (κ2) is 8.33. The fraction of sp³-hybridized carbons (Fsp3) is 0.231. The van der Waals surface area contributed by atoms with Gasteiger partial charge in [-0.25, -0.2) is 14.4 Å². The topological polar surface area (TPSA) is 136 Å². The van der Waals surface area contributed by atoms with Gasteiger partial charge in [-0.3, -0.25) is 14.9 Å². The number of rotatable bonds is 3. The number of nitrogen functional groups attached to an aromatic ring is 1. The second-order valence-electron chi connectivity index (χ2n) is 9.63. The number of nitrogens with one attached hydrogen (secondary N) is 1. The molecule has 1 saturated heterocycles. The number of carbonyl (C=O) groups excluding carboxylic acids is 1. The Morgan fingerprint density at radius 3 is 2.76 bits per heavy atom. The average molecular weight is 511 g/mol. The van der Waals surface area contributed by atoms with Crippen LogP contribution in [-0.4, -0.2) is 63.2 Å². The first-order valence-corrected chi connectivity index (χ1v) is 12.3. The van der Waals surface area contributed by atoms with E-state index < -0.39 is 0 Å². The lowest BCUT2D eigenvalue weighted by atomic mass is 10.0. The lowest BCUT2D eigenvalue weighted by molar-refractivity contribution is 0.0684. The van der Waals surface area contributed by atoms with Crippen LogP contribution in [0.25, 0.3) is 38.7 Å². The predicted octanol–water partition coefficient (Wildman–Crippen LogP) is 3.52. The molecule has 1 amide bonds. The van der Waals surface area contributed by atoms with E-state index in [-0.39, 0.29) is 23.6 Å². The largest absolute Gasteiger partial charge is 0.383 e. The van der Waals surface area contributed by atoms with Gasteiger partial charge in [0, 0.05) is 48.0 Å². The number of anilines is 1. The number of amides is 1. The minimum Gasteiger partial charge on any atom is -0.383 e. The maximum atomic E-state index is 13.8. The summed E-state index contributed by atoms with van der Waals surface area (Å²) in [5.41, 5.74) is 11.3. The highest BCUT2D eigenvalue weighted by Crippen LogP contribution is 2.35. The number of pyridine rings is 1. The van der Waals surface area contributed by atoms with Crippen molar-refractivity contribution < 1.29 is 9.18 Å². The number of carbonyl (C=O) groups is 1. The van der Waals surface area contributed by atoms with Crippen molar-refractivity contribution in [2.75, 3.05) is 18.8 Å². The molecule has 0 aliphatic carbocycles. The normalized spacial score (nSPS) is 14.7. The SMILES string of the molecule is Cc1cn(C2CCN(C(=O)c3ncn[nH]3)CC2)c2nc3c(-c4cnc5ccc(F)cc5c4)cnn3c(N)c12. The number of halogens is 1. The molecule has 0 atom stereocenters. The fourth-order valence-corrected chi connectivity index (χ4v) is 5.44. The molecule has 1 aromatic carbocycles. The smallest absolute Gasteiger partial charge is 0.291 e. The van der Waals surface area contributed by atoms with Gasteiger partial charge in [0.05, 0.1) is 17.1 Å². The van der Waals surface area contributed by atoms with Crippen molar-refractivity contribution in [3.05, 3.63) is 66.4 Å². The van der Waals surface area contributed by atoms with Crippen LogP contribution >= 0.6 is 0 Å². The molecule has 0 radical (unpaired) electrons. The van der Waals surface area contributed by atoms with Gasteiger partial charge in [0.15, 0.2) is 5.65 Å². The van der Waals surface area contributed by atoms with Crippen LogP contribution < -0.4 is 5.73 Å². The molecular weight excluding hydrogens is 487 g/mol. The molecule has 1 aliphatic heterocycles. The monoisotopic (exact) mass is 510 g/mol. The number of benzene rings is 1. The maximum absolute atomic E-state index is 13.8. The summed E-state index contributed by atoms with van der Waals surface area (Å²) in [6, 6.07) is 6.55. The summed E-state index contributed by atoms with van der Waals surface area (Å²) >= 11 is 0.